The van der Waals surface area contributed by atoms with E-state index in [2.05, 4.69) is 9.97 Å². The second-order valence-electron chi connectivity index (χ2n) is 2.77. The number of ketones is 1. The van der Waals surface area contributed by atoms with E-state index in [9.17, 15) is 4.79 Å². The van der Waals surface area contributed by atoms with Crippen LogP contribution in [-0.2, 0) is 0 Å². The molecule has 0 unspecified atom stereocenters. The fourth-order valence-electron chi connectivity index (χ4n) is 1.17. The molecule has 0 atom stereocenters. The Kier molecular flexibility index (Phi) is 2.44. The van der Waals surface area contributed by atoms with Crippen molar-refractivity contribution in [3.8, 4) is 0 Å². The minimum absolute atomic E-state index is 0.196. The van der Waals surface area contributed by atoms with E-state index in [4.69, 9.17) is 23.2 Å². The van der Waals surface area contributed by atoms with Gasteiger partial charge < -0.3 is 4.98 Å². The number of alkyl halides is 2. The summed E-state index contributed by atoms with van der Waals surface area (Å²) >= 11 is 10.9. The first-order valence-corrected chi connectivity index (χ1v) is 4.83. The van der Waals surface area contributed by atoms with Crippen molar-refractivity contribution >= 4 is 40.0 Å². The number of nitrogens with one attached hydrogen (secondary N) is 1. The van der Waals surface area contributed by atoms with Gasteiger partial charge in [-0.05, 0) is 12.1 Å². The standard InChI is InChI=1S/C9H6Cl2N2O/c10-8(11)7(14)9-12-5-3-1-2-4-6(5)13-9/h1-4,8H,(H,12,13). The number of para-hydroxylation sites is 2. The van der Waals surface area contributed by atoms with Gasteiger partial charge in [0, 0.05) is 0 Å². The first-order chi connectivity index (χ1) is 6.68. The van der Waals surface area contributed by atoms with Gasteiger partial charge in [0.1, 0.15) is 0 Å². The second kappa shape index (κ2) is 3.59. The highest BCUT2D eigenvalue weighted by molar-refractivity contribution is 6.55. The highest BCUT2D eigenvalue weighted by Gasteiger charge is 2.17. The van der Waals surface area contributed by atoms with Crippen LogP contribution in [0.15, 0.2) is 24.3 Å². The van der Waals surface area contributed by atoms with Crippen LogP contribution >= 0.6 is 23.2 Å². The number of hydrogen-bond donors (Lipinski definition) is 1. The molecule has 14 heavy (non-hydrogen) atoms. The first-order valence-electron chi connectivity index (χ1n) is 3.95. The summed E-state index contributed by atoms with van der Waals surface area (Å²) < 4.78 is 0. The molecular formula is C9H6Cl2N2O. The minimum atomic E-state index is -1.07. The Morgan fingerprint density at radius 1 is 1.36 bits per heavy atom. The molecule has 72 valence electrons. The molecule has 1 aromatic carbocycles. The lowest BCUT2D eigenvalue weighted by Crippen LogP contribution is -2.09. The summed E-state index contributed by atoms with van der Waals surface area (Å²) in [6, 6.07) is 7.33. The van der Waals surface area contributed by atoms with Crippen molar-refractivity contribution in [2.75, 3.05) is 0 Å². The number of rotatable bonds is 2. The molecule has 0 spiro atoms. The number of Topliss-reactive ketones (excluding diaryl/α,β-unsaturated/α-hetero) is 1. The van der Waals surface area contributed by atoms with Gasteiger partial charge in [-0.3, -0.25) is 4.79 Å². The topological polar surface area (TPSA) is 45.8 Å². The number of carbonyl (C=O) groups is 1. The van der Waals surface area contributed by atoms with E-state index in [-0.39, 0.29) is 5.82 Å². The predicted molar refractivity (Wildman–Crippen MR) is 55.9 cm³/mol. The largest absolute Gasteiger partial charge is 0.335 e. The van der Waals surface area contributed by atoms with Crippen molar-refractivity contribution in [1.82, 2.24) is 9.97 Å². The number of hydrogen-bond acceptors (Lipinski definition) is 2. The number of nitrogens with zero attached hydrogens (tertiary/aromatic N) is 1. The molecular weight excluding hydrogens is 223 g/mol. The van der Waals surface area contributed by atoms with E-state index >= 15 is 0 Å². The quantitative estimate of drug-likeness (QED) is 0.635. The molecule has 0 fully saturated rings. The number of halogens is 2. The molecule has 2 aromatic rings. The number of aromatic nitrogens is 2. The maximum Gasteiger partial charge on any atom is 0.230 e. The van der Waals surface area contributed by atoms with Gasteiger partial charge in [-0.25, -0.2) is 4.98 Å². The van der Waals surface area contributed by atoms with E-state index < -0.39 is 10.6 Å². The third-order valence-electron chi connectivity index (χ3n) is 1.82. The predicted octanol–water partition coefficient (Wildman–Crippen LogP) is 2.55. The zero-order chi connectivity index (χ0) is 10.1. The fraction of sp³-hybridized carbons (Fsp3) is 0.111. The van der Waals surface area contributed by atoms with Gasteiger partial charge in [0.25, 0.3) is 0 Å². The van der Waals surface area contributed by atoms with Crippen molar-refractivity contribution in [2.45, 2.75) is 4.84 Å². The zero-order valence-corrected chi connectivity index (χ0v) is 8.51. The van der Waals surface area contributed by atoms with Crippen LogP contribution < -0.4 is 0 Å². The van der Waals surface area contributed by atoms with Crippen molar-refractivity contribution in [3.05, 3.63) is 30.1 Å². The van der Waals surface area contributed by atoms with Gasteiger partial charge in [0.2, 0.25) is 5.78 Å². The van der Waals surface area contributed by atoms with E-state index in [1.54, 1.807) is 6.07 Å². The number of aromatic amines is 1. The SMILES string of the molecule is O=C(c1nc2ccccc2[nH]1)C(Cl)Cl. The van der Waals surface area contributed by atoms with Gasteiger partial charge >= 0.3 is 0 Å². The summed E-state index contributed by atoms with van der Waals surface area (Å²) in [5.74, 6) is -0.217. The molecule has 1 heterocycles. The molecule has 0 aliphatic heterocycles. The summed E-state index contributed by atoms with van der Waals surface area (Å²) in [4.78, 5) is 17.2. The molecule has 1 N–H and O–H groups in total. The third-order valence-corrected chi connectivity index (χ3v) is 2.22. The van der Waals surface area contributed by atoms with Crippen LogP contribution in [0.1, 0.15) is 10.6 Å². The molecule has 0 aliphatic rings. The summed E-state index contributed by atoms with van der Waals surface area (Å²) in [5.41, 5.74) is 1.52. The zero-order valence-electron chi connectivity index (χ0n) is 7.00. The Bertz CT molecular complexity index is 445. The monoisotopic (exact) mass is 228 g/mol. The van der Waals surface area contributed by atoms with Crippen molar-refractivity contribution < 1.29 is 4.79 Å². The third kappa shape index (κ3) is 1.61. The average Bonchev–Trinajstić information content (AvgIpc) is 2.59. The highest BCUT2D eigenvalue weighted by atomic mass is 35.5. The van der Waals surface area contributed by atoms with Crippen LogP contribution in [0.25, 0.3) is 11.0 Å². The average molecular weight is 229 g/mol. The second-order valence-corrected chi connectivity index (χ2v) is 3.86. The molecule has 0 saturated heterocycles. The Labute approximate surface area is 90.0 Å². The normalized spacial score (nSPS) is 11.1. The molecule has 0 bridgehead atoms. The van der Waals surface area contributed by atoms with E-state index in [0.717, 1.165) is 11.0 Å². The summed E-state index contributed by atoms with van der Waals surface area (Å²) in [7, 11) is 0. The van der Waals surface area contributed by atoms with Crippen LogP contribution in [-0.4, -0.2) is 20.6 Å². The van der Waals surface area contributed by atoms with Gasteiger partial charge in [0.15, 0.2) is 10.7 Å². The fourth-order valence-corrected chi connectivity index (χ4v) is 1.38. The number of fused-ring (bicyclic) bond motifs is 1. The van der Waals surface area contributed by atoms with E-state index in [1.807, 2.05) is 18.2 Å². The minimum Gasteiger partial charge on any atom is -0.335 e. The van der Waals surface area contributed by atoms with Crippen molar-refractivity contribution in [2.24, 2.45) is 0 Å². The number of imidazole rings is 1. The molecule has 1 aromatic heterocycles. The summed E-state index contributed by atoms with van der Waals surface area (Å²) in [6.45, 7) is 0. The maximum atomic E-state index is 11.4. The van der Waals surface area contributed by atoms with Crippen LogP contribution in [0.4, 0.5) is 0 Å². The highest BCUT2D eigenvalue weighted by Crippen LogP contribution is 2.14. The van der Waals surface area contributed by atoms with Crippen molar-refractivity contribution in [1.29, 1.82) is 0 Å². The van der Waals surface area contributed by atoms with Gasteiger partial charge in [0.05, 0.1) is 11.0 Å². The van der Waals surface area contributed by atoms with Gasteiger partial charge in [-0.1, -0.05) is 35.3 Å². The van der Waals surface area contributed by atoms with Gasteiger partial charge in [-0.2, -0.15) is 0 Å². The smallest absolute Gasteiger partial charge is 0.230 e. The molecule has 5 heteroatoms. The maximum absolute atomic E-state index is 11.4. The van der Waals surface area contributed by atoms with Gasteiger partial charge in [-0.15, -0.1) is 0 Å². The lowest BCUT2D eigenvalue weighted by Gasteiger charge is -1.93. The molecule has 0 amide bonds. The summed E-state index contributed by atoms with van der Waals surface area (Å²) in [5, 5.41) is 0. The first kappa shape index (κ1) is 9.49. The number of carbonyl (C=O) groups excluding carboxylic acids is 1. The number of benzene rings is 1. The molecule has 0 saturated carbocycles. The van der Waals surface area contributed by atoms with Crippen LogP contribution in [0, 0.1) is 0 Å². The van der Waals surface area contributed by atoms with E-state index in [1.165, 1.54) is 0 Å². The Morgan fingerprint density at radius 3 is 2.71 bits per heavy atom. The van der Waals surface area contributed by atoms with E-state index in [0.29, 0.717) is 0 Å². The Hall–Kier alpha value is -1.06. The summed E-state index contributed by atoms with van der Waals surface area (Å²) in [6.07, 6.45) is 0. The molecule has 3 nitrogen and oxygen atoms in total. The molecule has 0 radical (unpaired) electrons. The Morgan fingerprint density at radius 2 is 2.07 bits per heavy atom. The van der Waals surface area contributed by atoms with Crippen LogP contribution in [0.5, 0.6) is 0 Å². The molecule has 0 aliphatic carbocycles. The Balaban J connectivity index is 2.50. The lowest BCUT2D eigenvalue weighted by atomic mass is 10.3. The molecule has 2 rings (SSSR count). The number of H-pyrrole nitrogens is 1. The lowest BCUT2D eigenvalue weighted by molar-refractivity contribution is 0.0998. The van der Waals surface area contributed by atoms with Crippen LogP contribution in [0.3, 0.4) is 0 Å². The van der Waals surface area contributed by atoms with Crippen LogP contribution in [0.2, 0.25) is 0 Å². The van der Waals surface area contributed by atoms with Crippen molar-refractivity contribution in [3.63, 3.8) is 0 Å².